The first kappa shape index (κ1) is 18.4. The van der Waals surface area contributed by atoms with Gasteiger partial charge in [0.1, 0.15) is 5.82 Å². The Morgan fingerprint density at radius 3 is 2.57 bits per heavy atom. The first-order chi connectivity index (χ1) is 14.7. The zero-order valence-corrected chi connectivity index (χ0v) is 16.3. The number of piperidine rings is 1. The Morgan fingerprint density at radius 1 is 1.00 bits per heavy atom. The molecule has 0 bridgehead atoms. The molecule has 1 fully saturated rings. The smallest absolute Gasteiger partial charge is 0.253 e. The van der Waals surface area contributed by atoms with E-state index in [9.17, 15) is 9.18 Å². The Kier molecular flexibility index (Phi) is 4.71. The summed E-state index contributed by atoms with van der Waals surface area (Å²) in [5.74, 6) is 0.782. The van der Waals surface area contributed by atoms with Gasteiger partial charge >= 0.3 is 0 Å². The summed E-state index contributed by atoms with van der Waals surface area (Å²) in [6.07, 6.45) is 6.80. The fourth-order valence-corrected chi connectivity index (χ4v) is 3.93. The maximum atomic E-state index is 13.5. The van der Waals surface area contributed by atoms with E-state index in [-0.39, 0.29) is 17.6 Å². The van der Waals surface area contributed by atoms with Crippen LogP contribution < -0.4 is 0 Å². The van der Waals surface area contributed by atoms with Gasteiger partial charge in [-0.3, -0.25) is 9.78 Å². The molecule has 150 valence electrons. The average Bonchev–Trinajstić information content (AvgIpc) is 3.23. The number of rotatable bonds is 3. The van der Waals surface area contributed by atoms with Crippen LogP contribution in [0, 0.1) is 5.82 Å². The Balaban J connectivity index is 1.32. The van der Waals surface area contributed by atoms with Crippen molar-refractivity contribution in [3.8, 4) is 11.1 Å². The number of benzene rings is 1. The van der Waals surface area contributed by atoms with Crippen molar-refractivity contribution in [2.75, 3.05) is 13.1 Å². The van der Waals surface area contributed by atoms with Gasteiger partial charge in [-0.05, 0) is 54.8 Å². The van der Waals surface area contributed by atoms with Crippen LogP contribution in [0.1, 0.15) is 34.9 Å². The summed E-state index contributed by atoms with van der Waals surface area (Å²) in [5, 5.41) is 4.67. The van der Waals surface area contributed by atoms with E-state index in [0.717, 1.165) is 35.4 Å². The predicted octanol–water partition coefficient (Wildman–Crippen LogP) is 3.95. The Bertz CT molecular complexity index is 1200. The highest BCUT2D eigenvalue weighted by Gasteiger charge is 2.27. The van der Waals surface area contributed by atoms with Crippen LogP contribution in [0.4, 0.5) is 4.39 Å². The molecule has 0 radical (unpaired) electrons. The van der Waals surface area contributed by atoms with Gasteiger partial charge < -0.3 is 4.90 Å². The van der Waals surface area contributed by atoms with E-state index in [0.29, 0.717) is 18.7 Å². The second kappa shape index (κ2) is 7.67. The lowest BCUT2D eigenvalue weighted by Crippen LogP contribution is -2.38. The molecule has 1 aromatic carbocycles. The van der Waals surface area contributed by atoms with Gasteiger partial charge in [-0.25, -0.2) is 13.9 Å². The molecule has 1 aliphatic heterocycles. The van der Waals surface area contributed by atoms with E-state index in [1.54, 1.807) is 35.1 Å². The van der Waals surface area contributed by atoms with Crippen molar-refractivity contribution in [2.45, 2.75) is 18.8 Å². The first-order valence-corrected chi connectivity index (χ1v) is 9.99. The number of hydrogen-bond acceptors (Lipinski definition) is 4. The molecule has 0 saturated carbocycles. The second-order valence-electron chi connectivity index (χ2n) is 7.50. The highest BCUT2D eigenvalue weighted by Crippen LogP contribution is 2.28. The van der Waals surface area contributed by atoms with E-state index >= 15 is 0 Å². The third-order valence-electron chi connectivity index (χ3n) is 5.58. The van der Waals surface area contributed by atoms with Crippen LogP contribution in [-0.2, 0) is 0 Å². The van der Waals surface area contributed by atoms with Gasteiger partial charge in [0.15, 0.2) is 11.5 Å². The van der Waals surface area contributed by atoms with E-state index in [1.807, 2.05) is 29.3 Å². The molecule has 4 aromatic rings. The number of hydrogen-bond donors (Lipinski definition) is 0. The largest absolute Gasteiger partial charge is 0.339 e. The molecule has 0 N–H and O–H groups in total. The molecule has 1 amide bonds. The van der Waals surface area contributed by atoms with Crippen LogP contribution in [0.2, 0.25) is 0 Å². The lowest BCUT2D eigenvalue weighted by atomic mass is 9.96. The standard InChI is InChI=1S/C23H20FN5O/c24-20-3-1-2-18(14-20)19-4-5-21-26-22(27-29(21)15-19)16-8-12-28(13-9-16)23(30)17-6-10-25-11-7-17/h1-7,10-11,14-16H,8-9,12-13H2. The van der Waals surface area contributed by atoms with Crippen molar-refractivity contribution in [3.63, 3.8) is 0 Å². The minimum atomic E-state index is -0.264. The minimum absolute atomic E-state index is 0.0403. The summed E-state index contributed by atoms with van der Waals surface area (Å²) in [7, 11) is 0. The van der Waals surface area contributed by atoms with Crippen molar-refractivity contribution >= 4 is 11.6 Å². The fraction of sp³-hybridized carbons (Fsp3) is 0.217. The number of nitrogens with zero attached hydrogens (tertiary/aromatic N) is 5. The maximum absolute atomic E-state index is 13.5. The van der Waals surface area contributed by atoms with Gasteiger partial charge in [0, 0.05) is 48.7 Å². The Labute approximate surface area is 173 Å². The molecule has 30 heavy (non-hydrogen) atoms. The molecule has 0 unspecified atom stereocenters. The Hall–Kier alpha value is -3.61. The van der Waals surface area contributed by atoms with Crippen LogP contribution >= 0.6 is 0 Å². The van der Waals surface area contributed by atoms with E-state index in [2.05, 4.69) is 15.1 Å². The molecule has 7 heteroatoms. The number of carbonyl (C=O) groups is 1. The molecule has 0 spiro atoms. The molecule has 5 rings (SSSR count). The maximum Gasteiger partial charge on any atom is 0.253 e. The van der Waals surface area contributed by atoms with Crippen molar-refractivity contribution in [3.05, 3.63) is 84.3 Å². The van der Waals surface area contributed by atoms with Crippen LogP contribution in [0.25, 0.3) is 16.8 Å². The molecule has 0 atom stereocenters. The minimum Gasteiger partial charge on any atom is -0.339 e. The number of amides is 1. The monoisotopic (exact) mass is 401 g/mol. The quantitative estimate of drug-likeness (QED) is 0.521. The predicted molar refractivity (Wildman–Crippen MR) is 110 cm³/mol. The van der Waals surface area contributed by atoms with Gasteiger partial charge in [0.2, 0.25) is 0 Å². The summed E-state index contributed by atoms with van der Waals surface area (Å²) in [5.41, 5.74) is 3.12. The molecule has 1 aliphatic rings. The first-order valence-electron chi connectivity index (χ1n) is 9.99. The van der Waals surface area contributed by atoms with Crippen LogP contribution in [0.15, 0.2) is 67.1 Å². The third kappa shape index (κ3) is 3.54. The molecule has 6 nitrogen and oxygen atoms in total. The zero-order valence-electron chi connectivity index (χ0n) is 16.3. The van der Waals surface area contributed by atoms with Gasteiger partial charge in [0.25, 0.3) is 5.91 Å². The summed E-state index contributed by atoms with van der Waals surface area (Å²) in [6, 6.07) is 13.8. The summed E-state index contributed by atoms with van der Waals surface area (Å²) < 4.78 is 15.3. The van der Waals surface area contributed by atoms with Gasteiger partial charge in [-0.15, -0.1) is 0 Å². The zero-order chi connectivity index (χ0) is 20.5. The number of likely N-dealkylation sites (tertiary alicyclic amines) is 1. The lowest BCUT2D eigenvalue weighted by Gasteiger charge is -2.30. The molecular formula is C23H20FN5O. The summed E-state index contributed by atoms with van der Waals surface area (Å²) in [4.78, 5) is 23.1. The van der Waals surface area contributed by atoms with Crippen LogP contribution in [-0.4, -0.2) is 43.5 Å². The summed E-state index contributed by atoms with van der Waals surface area (Å²) in [6.45, 7) is 1.35. The van der Waals surface area contributed by atoms with Crippen LogP contribution in [0.3, 0.4) is 0 Å². The average molecular weight is 401 g/mol. The SMILES string of the molecule is O=C(c1ccncc1)N1CCC(c2nc3ccc(-c4cccc(F)c4)cn3n2)CC1. The van der Waals surface area contributed by atoms with E-state index < -0.39 is 0 Å². The van der Waals surface area contributed by atoms with Crippen molar-refractivity contribution in [1.29, 1.82) is 0 Å². The second-order valence-corrected chi connectivity index (χ2v) is 7.50. The third-order valence-corrected chi connectivity index (χ3v) is 5.58. The number of pyridine rings is 2. The van der Waals surface area contributed by atoms with E-state index in [4.69, 9.17) is 0 Å². The molecular weight excluding hydrogens is 381 g/mol. The topological polar surface area (TPSA) is 63.4 Å². The van der Waals surface area contributed by atoms with Crippen molar-refractivity contribution in [1.82, 2.24) is 24.5 Å². The normalized spacial score (nSPS) is 14.9. The van der Waals surface area contributed by atoms with Gasteiger partial charge in [-0.1, -0.05) is 12.1 Å². The highest BCUT2D eigenvalue weighted by atomic mass is 19.1. The van der Waals surface area contributed by atoms with Crippen molar-refractivity contribution in [2.24, 2.45) is 0 Å². The van der Waals surface area contributed by atoms with E-state index in [1.165, 1.54) is 12.1 Å². The fourth-order valence-electron chi connectivity index (χ4n) is 3.93. The Morgan fingerprint density at radius 2 is 1.80 bits per heavy atom. The van der Waals surface area contributed by atoms with Gasteiger partial charge in [-0.2, -0.15) is 5.10 Å². The van der Waals surface area contributed by atoms with Crippen molar-refractivity contribution < 1.29 is 9.18 Å². The summed E-state index contributed by atoms with van der Waals surface area (Å²) >= 11 is 0. The molecule has 1 saturated heterocycles. The number of aromatic nitrogens is 4. The highest BCUT2D eigenvalue weighted by molar-refractivity contribution is 5.94. The molecule has 4 heterocycles. The molecule has 0 aliphatic carbocycles. The number of halogens is 1. The number of fused-ring (bicyclic) bond motifs is 1. The lowest BCUT2D eigenvalue weighted by molar-refractivity contribution is 0.0711. The number of carbonyl (C=O) groups excluding carboxylic acids is 1. The van der Waals surface area contributed by atoms with Gasteiger partial charge in [0.05, 0.1) is 0 Å². The van der Waals surface area contributed by atoms with Crippen LogP contribution in [0.5, 0.6) is 0 Å². The molecule has 3 aromatic heterocycles.